The van der Waals surface area contributed by atoms with Crippen molar-refractivity contribution < 1.29 is 0 Å². The van der Waals surface area contributed by atoms with E-state index in [9.17, 15) is 0 Å². The van der Waals surface area contributed by atoms with Crippen LogP contribution in [0, 0.1) is 5.92 Å². The Morgan fingerprint density at radius 2 is 1.57 bits per heavy atom. The fourth-order valence-corrected chi connectivity index (χ4v) is 1.80. The largest absolute Gasteiger partial charge is 0.326 e. The van der Waals surface area contributed by atoms with Gasteiger partial charge in [-0.2, -0.15) is 0 Å². The number of hydrogen-bond donors (Lipinski definition) is 1. The van der Waals surface area contributed by atoms with Gasteiger partial charge in [0.1, 0.15) is 0 Å². The molecule has 1 saturated heterocycles. The van der Waals surface area contributed by atoms with E-state index in [2.05, 4.69) is 30.6 Å². The third kappa shape index (κ3) is 3.56. The van der Waals surface area contributed by atoms with Gasteiger partial charge in [0.15, 0.2) is 0 Å². The number of hydrogen-bond acceptors (Lipinski definition) is 3. The Kier molecular flexibility index (Phi) is 4.85. The smallest absolute Gasteiger partial charge is 0.0191 e. The standard InChI is InChI=1S/C11H25N3/c1-4-13-5-7-14(8-6-13)9-11(12)10(2)3/h10-11H,4-9,12H2,1-3H3/t11-/m1/s1. The summed E-state index contributed by atoms with van der Waals surface area (Å²) in [6, 6.07) is 0.336. The van der Waals surface area contributed by atoms with Gasteiger partial charge in [0.2, 0.25) is 0 Å². The number of nitrogens with zero attached hydrogens (tertiary/aromatic N) is 2. The lowest BCUT2D eigenvalue weighted by Gasteiger charge is -2.35. The van der Waals surface area contributed by atoms with Crippen LogP contribution < -0.4 is 5.73 Å². The van der Waals surface area contributed by atoms with Gasteiger partial charge in [0, 0.05) is 38.8 Å². The van der Waals surface area contributed by atoms with Gasteiger partial charge in [0.05, 0.1) is 0 Å². The molecule has 1 atom stereocenters. The second kappa shape index (κ2) is 5.69. The lowest BCUT2D eigenvalue weighted by Crippen LogP contribution is -2.50. The second-order valence-electron chi connectivity index (χ2n) is 4.64. The lowest BCUT2D eigenvalue weighted by molar-refractivity contribution is 0.126. The van der Waals surface area contributed by atoms with Gasteiger partial charge in [-0.05, 0) is 12.5 Å². The Hall–Kier alpha value is -0.120. The fraction of sp³-hybridized carbons (Fsp3) is 1.00. The van der Waals surface area contributed by atoms with E-state index >= 15 is 0 Å². The van der Waals surface area contributed by atoms with Gasteiger partial charge in [-0.15, -0.1) is 0 Å². The molecule has 0 amide bonds. The first-order valence-electron chi connectivity index (χ1n) is 5.83. The Labute approximate surface area is 88.2 Å². The van der Waals surface area contributed by atoms with Crippen LogP contribution in [0.15, 0.2) is 0 Å². The minimum absolute atomic E-state index is 0.336. The van der Waals surface area contributed by atoms with E-state index in [1.54, 1.807) is 0 Å². The molecular formula is C11H25N3. The topological polar surface area (TPSA) is 32.5 Å². The van der Waals surface area contributed by atoms with Crippen LogP contribution in [0.1, 0.15) is 20.8 Å². The van der Waals surface area contributed by atoms with Gasteiger partial charge in [-0.3, -0.25) is 4.90 Å². The Morgan fingerprint density at radius 1 is 1.07 bits per heavy atom. The van der Waals surface area contributed by atoms with Crippen LogP contribution in [0.25, 0.3) is 0 Å². The van der Waals surface area contributed by atoms with Crippen molar-refractivity contribution >= 4 is 0 Å². The first kappa shape index (κ1) is 12.0. The minimum Gasteiger partial charge on any atom is -0.326 e. The van der Waals surface area contributed by atoms with Crippen molar-refractivity contribution in [1.82, 2.24) is 9.80 Å². The van der Waals surface area contributed by atoms with Crippen LogP contribution in [-0.2, 0) is 0 Å². The summed E-state index contributed by atoms with van der Waals surface area (Å²) in [5.41, 5.74) is 6.06. The highest BCUT2D eigenvalue weighted by molar-refractivity contribution is 4.76. The van der Waals surface area contributed by atoms with Gasteiger partial charge in [-0.25, -0.2) is 0 Å². The van der Waals surface area contributed by atoms with Crippen LogP contribution in [0.4, 0.5) is 0 Å². The molecule has 1 fully saturated rings. The number of rotatable bonds is 4. The summed E-state index contributed by atoms with van der Waals surface area (Å²) in [4.78, 5) is 4.99. The van der Waals surface area contributed by atoms with Gasteiger partial charge in [-0.1, -0.05) is 20.8 Å². The molecule has 3 heteroatoms. The third-order valence-corrected chi connectivity index (χ3v) is 3.24. The fourth-order valence-electron chi connectivity index (χ4n) is 1.80. The molecule has 1 heterocycles. The van der Waals surface area contributed by atoms with Crippen LogP contribution in [-0.4, -0.2) is 55.1 Å². The molecule has 84 valence electrons. The zero-order valence-corrected chi connectivity index (χ0v) is 9.87. The van der Waals surface area contributed by atoms with Crippen LogP contribution in [0.5, 0.6) is 0 Å². The van der Waals surface area contributed by atoms with Crippen LogP contribution >= 0.6 is 0 Å². The van der Waals surface area contributed by atoms with Crippen LogP contribution in [0.2, 0.25) is 0 Å². The van der Waals surface area contributed by atoms with Crippen molar-refractivity contribution in [1.29, 1.82) is 0 Å². The molecule has 0 saturated carbocycles. The summed E-state index contributed by atoms with van der Waals surface area (Å²) in [7, 11) is 0. The molecule has 1 aliphatic rings. The number of likely N-dealkylation sites (N-methyl/N-ethyl adjacent to an activating group) is 1. The quantitative estimate of drug-likeness (QED) is 0.720. The average Bonchev–Trinajstić information content (AvgIpc) is 2.19. The maximum atomic E-state index is 6.06. The highest BCUT2D eigenvalue weighted by Crippen LogP contribution is 2.05. The molecule has 0 spiro atoms. The molecule has 14 heavy (non-hydrogen) atoms. The highest BCUT2D eigenvalue weighted by atomic mass is 15.3. The van der Waals surface area contributed by atoms with Gasteiger partial charge in [0.25, 0.3) is 0 Å². The normalized spacial score (nSPS) is 22.9. The van der Waals surface area contributed by atoms with E-state index in [1.807, 2.05) is 0 Å². The Balaban J connectivity index is 2.22. The SMILES string of the molecule is CCN1CCN(C[C@@H](N)C(C)C)CC1. The first-order chi connectivity index (χ1) is 6.63. The van der Waals surface area contributed by atoms with Crippen molar-refractivity contribution in [2.75, 3.05) is 39.3 Å². The van der Waals surface area contributed by atoms with E-state index in [4.69, 9.17) is 5.73 Å². The van der Waals surface area contributed by atoms with Crippen molar-refractivity contribution in [3.05, 3.63) is 0 Å². The lowest BCUT2D eigenvalue weighted by atomic mass is 10.0. The molecule has 1 rings (SSSR count). The Bertz CT molecular complexity index is 151. The summed E-state index contributed by atoms with van der Waals surface area (Å²) in [5, 5.41) is 0. The Morgan fingerprint density at radius 3 is 2.00 bits per heavy atom. The molecule has 0 aromatic rings. The molecule has 1 aliphatic heterocycles. The van der Waals surface area contributed by atoms with Crippen molar-refractivity contribution in [3.8, 4) is 0 Å². The first-order valence-corrected chi connectivity index (χ1v) is 5.83. The third-order valence-electron chi connectivity index (χ3n) is 3.24. The molecule has 0 unspecified atom stereocenters. The molecule has 0 aromatic carbocycles. The highest BCUT2D eigenvalue weighted by Gasteiger charge is 2.18. The molecule has 0 radical (unpaired) electrons. The zero-order valence-electron chi connectivity index (χ0n) is 9.87. The van der Waals surface area contributed by atoms with E-state index in [-0.39, 0.29) is 0 Å². The summed E-state index contributed by atoms with van der Waals surface area (Å²) < 4.78 is 0. The van der Waals surface area contributed by atoms with E-state index in [0.717, 1.165) is 6.54 Å². The maximum Gasteiger partial charge on any atom is 0.0191 e. The van der Waals surface area contributed by atoms with Crippen molar-refractivity contribution in [2.24, 2.45) is 11.7 Å². The monoisotopic (exact) mass is 199 g/mol. The summed E-state index contributed by atoms with van der Waals surface area (Å²) >= 11 is 0. The van der Waals surface area contributed by atoms with Gasteiger partial charge >= 0.3 is 0 Å². The zero-order chi connectivity index (χ0) is 10.6. The molecule has 2 N–H and O–H groups in total. The van der Waals surface area contributed by atoms with E-state index < -0.39 is 0 Å². The molecule has 3 nitrogen and oxygen atoms in total. The van der Waals surface area contributed by atoms with Gasteiger partial charge < -0.3 is 10.6 Å². The maximum absolute atomic E-state index is 6.06. The van der Waals surface area contributed by atoms with Crippen molar-refractivity contribution in [2.45, 2.75) is 26.8 Å². The second-order valence-corrected chi connectivity index (χ2v) is 4.64. The number of piperazine rings is 1. The molecular weight excluding hydrogens is 174 g/mol. The van der Waals surface area contributed by atoms with E-state index in [1.165, 1.54) is 32.7 Å². The number of nitrogens with two attached hydrogens (primary N) is 1. The minimum atomic E-state index is 0.336. The van der Waals surface area contributed by atoms with E-state index in [0.29, 0.717) is 12.0 Å². The summed E-state index contributed by atoms with van der Waals surface area (Å²) in [5.74, 6) is 0.596. The predicted molar refractivity (Wildman–Crippen MR) is 61.4 cm³/mol. The van der Waals surface area contributed by atoms with Crippen LogP contribution in [0.3, 0.4) is 0 Å². The molecule has 0 aromatic heterocycles. The molecule has 0 bridgehead atoms. The van der Waals surface area contributed by atoms with Crippen molar-refractivity contribution in [3.63, 3.8) is 0 Å². The summed E-state index contributed by atoms with van der Waals surface area (Å²) in [6.07, 6.45) is 0. The predicted octanol–water partition coefficient (Wildman–Crippen LogP) is 0.607. The summed E-state index contributed by atoms with van der Waals surface area (Å²) in [6.45, 7) is 13.7. The molecule has 0 aliphatic carbocycles. The average molecular weight is 199 g/mol.